The second kappa shape index (κ2) is 7.38. The predicted octanol–water partition coefficient (Wildman–Crippen LogP) is 1.37. The first-order valence-corrected chi connectivity index (χ1v) is 6.47. The molecule has 5 heteroatoms. The van der Waals surface area contributed by atoms with Crippen LogP contribution in [0.15, 0.2) is 0 Å². The summed E-state index contributed by atoms with van der Waals surface area (Å²) in [6.45, 7) is 6.12. The van der Waals surface area contributed by atoms with Crippen molar-refractivity contribution in [3.63, 3.8) is 0 Å². The zero-order valence-electron chi connectivity index (χ0n) is 12.4. The lowest BCUT2D eigenvalue weighted by Gasteiger charge is -2.27. The van der Waals surface area contributed by atoms with E-state index in [0.717, 1.165) is 0 Å². The summed E-state index contributed by atoms with van der Waals surface area (Å²) in [5.74, 6) is -1.82. The molecule has 0 spiro atoms. The van der Waals surface area contributed by atoms with Crippen LogP contribution in [0.25, 0.3) is 0 Å². The average molecular weight is 272 g/mol. The molecule has 19 heavy (non-hydrogen) atoms. The van der Waals surface area contributed by atoms with E-state index < -0.39 is 23.2 Å². The number of carbonyl (C=O) groups is 3. The molecule has 0 heterocycles. The molecule has 0 aromatic rings. The Morgan fingerprint density at radius 1 is 1.32 bits per heavy atom. The molecule has 0 radical (unpaired) electrons. The molecule has 110 valence electrons. The van der Waals surface area contributed by atoms with Gasteiger partial charge in [-0.1, -0.05) is 13.8 Å². The highest BCUT2D eigenvalue weighted by atomic mass is 16.5. The Morgan fingerprint density at radius 3 is 2.16 bits per heavy atom. The SMILES string of the molecule is CC[C@@](C)(C(=O)C[C@H](CO)[C@H](C)C(C)=O)C(=O)OC. The maximum absolute atomic E-state index is 12.3. The molecule has 0 rings (SSSR count). The molecule has 0 aromatic carbocycles. The molecule has 0 aliphatic heterocycles. The molecule has 0 unspecified atom stereocenters. The van der Waals surface area contributed by atoms with Crippen LogP contribution in [-0.2, 0) is 19.1 Å². The van der Waals surface area contributed by atoms with Gasteiger partial charge in [0.05, 0.1) is 7.11 Å². The van der Waals surface area contributed by atoms with Crippen molar-refractivity contribution in [2.45, 2.75) is 40.5 Å². The molecule has 0 bridgehead atoms. The van der Waals surface area contributed by atoms with E-state index in [-0.39, 0.29) is 24.6 Å². The number of methoxy groups -OCH3 is 1. The van der Waals surface area contributed by atoms with E-state index in [9.17, 15) is 19.5 Å². The molecule has 0 aromatic heterocycles. The first kappa shape index (κ1) is 17.8. The third kappa shape index (κ3) is 4.13. The summed E-state index contributed by atoms with van der Waals surface area (Å²) >= 11 is 0. The van der Waals surface area contributed by atoms with Gasteiger partial charge >= 0.3 is 5.97 Å². The van der Waals surface area contributed by atoms with Crippen LogP contribution in [0.2, 0.25) is 0 Å². The fraction of sp³-hybridized carbons (Fsp3) is 0.786. The van der Waals surface area contributed by atoms with Crippen LogP contribution >= 0.6 is 0 Å². The van der Waals surface area contributed by atoms with Crippen LogP contribution in [0.4, 0.5) is 0 Å². The zero-order valence-corrected chi connectivity index (χ0v) is 12.4. The number of ketones is 2. The molecule has 5 nitrogen and oxygen atoms in total. The van der Waals surface area contributed by atoms with Crippen LogP contribution in [0.5, 0.6) is 0 Å². The van der Waals surface area contributed by atoms with Crippen molar-refractivity contribution in [1.29, 1.82) is 0 Å². The number of ether oxygens (including phenoxy) is 1. The van der Waals surface area contributed by atoms with Crippen molar-refractivity contribution in [3.8, 4) is 0 Å². The molecule has 3 atom stereocenters. The summed E-state index contributed by atoms with van der Waals surface area (Å²) in [7, 11) is 1.24. The smallest absolute Gasteiger partial charge is 0.319 e. The number of rotatable bonds is 8. The monoisotopic (exact) mass is 272 g/mol. The normalized spacial score (nSPS) is 17.2. The van der Waals surface area contributed by atoms with E-state index in [0.29, 0.717) is 6.42 Å². The lowest BCUT2D eigenvalue weighted by Crippen LogP contribution is -2.39. The molecule has 0 aliphatic rings. The van der Waals surface area contributed by atoms with E-state index in [4.69, 9.17) is 0 Å². The standard InChI is InChI=1S/C14H24O5/c1-6-14(4,13(18)19-5)12(17)7-11(8-15)9(2)10(3)16/h9,11,15H,6-8H2,1-5H3/t9-,11-,14+/m1/s1. The van der Waals surface area contributed by atoms with Gasteiger partial charge in [0.25, 0.3) is 0 Å². The number of carbonyl (C=O) groups excluding carboxylic acids is 3. The number of hydrogen-bond donors (Lipinski definition) is 1. The van der Waals surface area contributed by atoms with Gasteiger partial charge in [-0.3, -0.25) is 14.4 Å². The third-order valence-electron chi connectivity index (χ3n) is 3.99. The number of hydrogen-bond acceptors (Lipinski definition) is 5. The number of Topliss-reactive ketones (excluding diaryl/α,β-unsaturated/α-hetero) is 2. The molecule has 0 aliphatic carbocycles. The van der Waals surface area contributed by atoms with Crippen molar-refractivity contribution in [2.24, 2.45) is 17.3 Å². The third-order valence-corrected chi connectivity index (χ3v) is 3.99. The molecular formula is C14H24O5. The second-order valence-corrected chi connectivity index (χ2v) is 5.15. The van der Waals surface area contributed by atoms with Crippen molar-refractivity contribution < 1.29 is 24.2 Å². The topological polar surface area (TPSA) is 80.7 Å². The molecule has 0 fully saturated rings. The highest BCUT2D eigenvalue weighted by molar-refractivity contribution is 6.03. The van der Waals surface area contributed by atoms with Gasteiger partial charge < -0.3 is 9.84 Å². The Labute approximate surface area is 114 Å². The van der Waals surface area contributed by atoms with Crippen LogP contribution in [-0.4, -0.2) is 36.4 Å². The molecule has 0 saturated carbocycles. The highest BCUT2D eigenvalue weighted by Crippen LogP contribution is 2.29. The lowest BCUT2D eigenvalue weighted by molar-refractivity contribution is -0.157. The first-order valence-electron chi connectivity index (χ1n) is 6.47. The van der Waals surface area contributed by atoms with Gasteiger partial charge in [-0.05, 0) is 26.2 Å². The van der Waals surface area contributed by atoms with Crippen LogP contribution in [0, 0.1) is 17.3 Å². The molecular weight excluding hydrogens is 248 g/mol. The predicted molar refractivity (Wildman–Crippen MR) is 70.5 cm³/mol. The van der Waals surface area contributed by atoms with E-state index >= 15 is 0 Å². The largest absolute Gasteiger partial charge is 0.468 e. The summed E-state index contributed by atoms with van der Waals surface area (Å²) in [6, 6.07) is 0. The molecule has 0 amide bonds. The first-order chi connectivity index (χ1) is 8.74. The van der Waals surface area contributed by atoms with Crippen LogP contribution in [0.1, 0.15) is 40.5 Å². The Morgan fingerprint density at radius 2 is 1.84 bits per heavy atom. The number of esters is 1. The summed E-state index contributed by atoms with van der Waals surface area (Å²) in [5.41, 5.74) is -1.21. The molecule has 0 saturated heterocycles. The Balaban J connectivity index is 5.00. The van der Waals surface area contributed by atoms with Gasteiger partial charge in [0.2, 0.25) is 0 Å². The van der Waals surface area contributed by atoms with E-state index in [2.05, 4.69) is 4.74 Å². The fourth-order valence-electron chi connectivity index (χ4n) is 1.88. The summed E-state index contributed by atoms with van der Waals surface area (Å²) < 4.78 is 4.66. The maximum Gasteiger partial charge on any atom is 0.319 e. The minimum Gasteiger partial charge on any atom is -0.468 e. The van der Waals surface area contributed by atoms with E-state index in [1.807, 2.05) is 0 Å². The van der Waals surface area contributed by atoms with Crippen LogP contribution < -0.4 is 0 Å². The minimum absolute atomic E-state index is 0.00329. The van der Waals surface area contributed by atoms with Gasteiger partial charge in [-0.2, -0.15) is 0 Å². The van der Waals surface area contributed by atoms with Crippen molar-refractivity contribution in [2.75, 3.05) is 13.7 Å². The highest BCUT2D eigenvalue weighted by Gasteiger charge is 2.41. The van der Waals surface area contributed by atoms with Gasteiger partial charge in [0, 0.05) is 18.9 Å². The van der Waals surface area contributed by atoms with E-state index in [1.165, 1.54) is 21.0 Å². The van der Waals surface area contributed by atoms with Gasteiger partial charge in [0.15, 0.2) is 0 Å². The van der Waals surface area contributed by atoms with Gasteiger partial charge in [-0.25, -0.2) is 0 Å². The number of aliphatic hydroxyl groups excluding tert-OH is 1. The lowest BCUT2D eigenvalue weighted by atomic mass is 9.76. The Kier molecular flexibility index (Phi) is 6.90. The van der Waals surface area contributed by atoms with Crippen molar-refractivity contribution >= 4 is 17.5 Å². The Hall–Kier alpha value is -1.23. The van der Waals surface area contributed by atoms with Crippen LogP contribution in [0.3, 0.4) is 0 Å². The van der Waals surface area contributed by atoms with Crippen molar-refractivity contribution in [3.05, 3.63) is 0 Å². The summed E-state index contributed by atoms with van der Waals surface area (Å²) in [6.07, 6.45) is 0.321. The zero-order chi connectivity index (χ0) is 15.2. The molecule has 1 N–H and O–H groups in total. The van der Waals surface area contributed by atoms with Crippen molar-refractivity contribution in [1.82, 2.24) is 0 Å². The summed E-state index contributed by atoms with van der Waals surface area (Å²) in [5, 5.41) is 9.31. The minimum atomic E-state index is -1.21. The fourth-order valence-corrected chi connectivity index (χ4v) is 1.88. The van der Waals surface area contributed by atoms with E-state index in [1.54, 1.807) is 13.8 Å². The number of aliphatic hydroxyl groups is 1. The second-order valence-electron chi connectivity index (χ2n) is 5.15. The maximum atomic E-state index is 12.3. The van der Waals surface area contributed by atoms with Gasteiger partial charge in [0.1, 0.15) is 17.0 Å². The quantitative estimate of drug-likeness (QED) is 0.533. The average Bonchev–Trinajstić information content (AvgIpc) is 2.41. The Bertz CT molecular complexity index is 350. The van der Waals surface area contributed by atoms with Gasteiger partial charge in [-0.15, -0.1) is 0 Å². The summed E-state index contributed by atoms with van der Waals surface area (Å²) in [4.78, 5) is 35.3.